The molecule has 8 nitrogen and oxygen atoms in total. The first-order chi connectivity index (χ1) is 21.2. The first kappa shape index (κ1) is 28.5. The lowest BCUT2D eigenvalue weighted by Gasteiger charge is -2.35. The fourth-order valence-corrected chi connectivity index (χ4v) is 7.62. The summed E-state index contributed by atoms with van der Waals surface area (Å²) in [5, 5.41) is 21.8. The van der Waals surface area contributed by atoms with Crippen molar-refractivity contribution in [3.05, 3.63) is 99.8 Å². The van der Waals surface area contributed by atoms with Crippen LogP contribution < -0.4 is 14.2 Å². The molecule has 228 valence electrons. The third-order valence-corrected chi connectivity index (χ3v) is 10.0. The lowest BCUT2D eigenvalue weighted by atomic mass is 9.77. The van der Waals surface area contributed by atoms with Crippen LogP contribution in [0.1, 0.15) is 51.9 Å². The molecule has 2 heterocycles. The molecule has 8 heteroatoms. The van der Waals surface area contributed by atoms with Gasteiger partial charge in [-0.25, -0.2) is 0 Å². The Morgan fingerprint density at radius 1 is 0.932 bits per heavy atom. The molecule has 3 aromatic rings. The van der Waals surface area contributed by atoms with Crippen LogP contribution in [-0.4, -0.2) is 67.2 Å². The molecule has 44 heavy (non-hydrogen) atoms. The Bertz CT molecular complexity index is 1710. The molecular weight excluding hydrogens is 556 g/mol. The van der Waals surface area contributed by atoms with E-state index in [9.17, 15) is 15.0 Å². The number of likely N-dealkylation sites (N-methyl/N-ethyl adjacent to an activating group) is 2. The van der Waals surface area contributed by atoms with E-state index in [1.54, 1.807) is 20.3 Å². The third kappa shape index (κ3) is 4.55. The van der Waals surface area contributed by atoms with Crippen LogP contribution in [0.5, 0.6) is 28.7 Å². The van der Waals surface area contributed by atoms with Gasteiger partial charge in [0.15, 0.2) is 28.8 Å². The molecule has 0 saturated heterocycles. The Labute approximate surface area is 257 Å². The van der Waals surface area contributed by atoms with E-state index in [-0.39, 0.29) is 35.1 Å². The molecular formula is C36H38N2O6. The number of allylic oxidation sites excluding steroid dienone is 3. The van der Waals surface area contributed by atoms with E-state index in [1.807, 2.05) is 54.6 Å². The minimum absolute atomic E-state index is 0.112. The number of phenolic OH excluding ortho intramolecular Hbond substituents is 2. The number of carbonyl (C=O) groups is 1. The minimum atomic E-state index is -0.678. The number of nitrogens with zero attached hydrogens (tertiary/aromatic N) is 2. The van der Waals surface area contributed by atoms with Crippen LogP contribution in [0.15, 0.2) is 66.5 Å². The molecule has 0 fully saturated rings. The molecule has 3 aromatic carbocycles. The zero-order valence-corrected chi connectivity index (χ0v) is 25.6. The Hall–Kier alpha value is -4.27. The van der Waals surface area contributed by atoms with Crippen molar-refractivity contribution >= 4 is 5.78 Å². The molecule has 2 aliphatic carbocycles. The Morgan fingerprint density at radius 2 is 1.64 bits per heavy atom. The summed E-state index contributed by atoms with van der Waals surface area (Å²) >= 11 is 0. The molecule has 0 bridgehead atoms. The SMILES string of the molecule is COc1cc2c(cc1O)[C@H](Cc1ccc(OC3=C[C@]4(C=CC3=O)C[C@@H]3c5c(cc(OC)c(O)c54)CCN3C)cc1)N(C)CC2. The second kappa shape index (κ2) is 10.7. The van der Waals surface area contributed by atoms with Crippen LogP contribution in [-0.2, 0) is 29.5 Å². The summed E-state index contributed by atoms with van der Waals surface area (Å²) < 4.78 is 17.1. The van der Waals surface area contributed by atoms with Gasteiger partial charge in [0.25, 0.3) is 0 Å². The number of ketones is 1. The van der Waals surface area contributed by atoms with Gasteiger partial charge in [-0.3, -0.25) is 14.6 Å². The Morgan fingerprint density at radius 3 is 2.39 bits per heavy atom. The third-order valence-electron chi connectivity index (χ3n) is 10.0. The van der Waals surface area contributed by atoms with Gasteiger partial charge in [-0.15, -0.1) is 0 Å². The van der Waals surface area contributed by atoms with Crippen molar-refractivity contribution < 1.29 is 29.2 Å². The summed E-state index contributed by atoms with van der Waals surface area (Å²) in [6.07, 6.45) is 8.63. The van der Waals surface area contributed by atoms with E-state index in [0.717, 1.165) is 54.6 Å². The zero-order chi connectivity index (χ0) is 30.7. The van der Waals surface area contributed by atoms with Crippen molar-refractivity contribution in [3.8, 4) is 28.7 Å². The molecule has 0 saturated carbocycles. The van der Waals surface area contributed by atoms with Crippen LogP contribution in [0.4, 0.5) is 0 Å². The normalized spacial score (nSPS) is 24.2. The van der Waals surface area contributed by atoms with Gasteiger partial charge in [-0.05, 0) is 110 Å². The summed E-state index contributed by atoms with van der Waals surface area (Å²) in [7, 11) is 7.36. The quantitative estimate of drug-likeness (QED) is 0.405. The predicted octanol–water partition coefficient (Wildman–Crippen LogP) is 5.16. The maximum atomic E-state index is 13.1. The van der Waals surface area contributed by atoms with Crippen LogP contribution in [0, 0.1) is 0 Å². The van der Waals surface area contributed by atoms with Crippen molar-refractivity contribution in [1.29, 1.82) is 0 Å². The number of ether oxygens (including phenoxy) is 3. The van der Waals surface area contributed by atoms with Crippen molar-refractivity contribution in [3.63, 3.8) is 0 Å². The van der Waals surface area contributed by atoms with Crippen LogP contribution in [0.2, 0.25) is 0 Å². The predicted molar refractivity (Wildman–Crippen MR) is 167 cm³/mol. The van der Waals surface area contributed by atoms with Gasteiger partial charge in [0, 0.05) is 36.2 Å². The number of aromatic hydroxyl groups is 2. The molecule has 0 amide bonds. The van der Waals surface area contributed by atoms with E-state index in [2.05, 4.69) is 23.9 Å². The maximum absolute atomic E-state index is 13.1. The summed E-state index contributed by atoms with van der Waals surface area (Å²) in [4.78, 5) is 17.7. The number of hydrogen-bond acceptors (Lipinski definition) is 8. The standard InChI is InChI=1S/C36H38N2O6/c1-37-13-10-22-16-30(42-3)29(40)18-25(22)26(37)15-21-5-7-24(8-6-21)44-32-20-36(12-9-28(32)39)19-27-33-23(11-14-38(27)2)17-31(43-4)35(41)34(33)36/h5-9,12,16-18,20,26-27,40-41H,10-11,13-15,19H2,1-4H3/t26-,27+,36-/m0/s1. The van der Waals surface area contributed by atoms with Crippen molar-refractivity contribution in [1.82, 2.24) is 9.80 Å². The van der Waals surface area contributed by atoms with E-state index in [0.29, 0.717) is 23.7 Å². The molecule has 4 aliphatic rings. The number of rotatable bonds is 6. The monoisotopic (exact) mass is 594 g/mol. The fourth-order valence-electron chi connectivity index (χ4n) is 7.62. The van der Waals surface area contributed by atoms with Gasteiger partial charge in [0.1, 0.15) is 5.75 Å². The van der Waals surface area contributed by atoms with Gasteiger partial charge < -0.3 is 24.4 Å². The maximum Gasteiger partial charge on any atom is 0.220 e. The summed E-state index contributed by atoms with van der Waals surface area (Å²) in [6, 6.07) is 13.8. The second-order valence-corrected chi connectivity index (χ2v) is 12.5. The number of methoxy groups -OCH3 is 2. The highest BCUT2D eigenvalue weighted by atomic mass is 16.5. The Balaban J connectivity index is 1.16. The van der Waals surface area contributed by atoms with Crippen molar-refractivity contribution in [2.75, 3.05) is 41.4 Å². The number of benzene rings is 3. The van der Waals surface area contributed by atoms with Crippen molar-refractivity contribution in [2.45, 2.75) is 43.2 Å². The van der Waals surface area contributed by atoms with Gasteiger partial charge in [0.2, 0.25) is 5.78 Å². The average molecular weight is 595 g/mol. The van der Waals surface area contributed by atoms with Crippen LogP contribution >= 0.6 is 0 Å². The molecule has 0 radical (unpaired) electrons. The van der Waals surface area contributed by atoms with E-state index in [1.165, 1.54) is 11.1 Å². The highest BCUT2D eigenvalue weighted by Gasteiger charge is 2.49. The highest BCUT2D eigenvalue weighted by molar-refractivity contribution is 6.04. The highest BCUT2D eigenvalue weighted by Crippen LogP contribution is 2.58. The number of carbonyl (C=O) groups excluding carboxylic acids is 1. The van der Waals surface area contributed by atoms with E-state index < -0.39 is 5.41 Å². The first-order valence-corrected chi connectivity index (χ1v) is 15.2. The largest absolute Gasteiger partial charge is 0.504 e. The van der Waals surface area contributed by atoms with Crippen LogP contribution in [0.25, 0.3) is 0 Å². The second-order valence-electron chi connectivity index (χ2n) is 12.5. The van der Waals surface area contributed by atoms with Gasteiger partial charge in [0.05, 0.1) is 14.2 Å². The molecule has 0 unspecified atom stereocenters. The number of hydrogen-bond donors (Lipinski definition) is 2. The first-order valence-electron chi connectivity index (χ1n) is 15.2. The number of phenols is 2. The summed E-state index contributed by atoms with van der Waals surface area (Å²) in [5.74, 6) is 1.87. The summed E-state index contributed by atoms with van der Waals surface area (Å²) in [6.45, 7) is 1.84. The minimum Gasteiger partial charge on any atom is -0.504 e. The van der Waals surface area contributed by atoms with Gasteiger partial charge >= 0.3 is 0 Å². The topological polar surface area (TPSA) is 91.7 Å². The molecule has 3 atom stereocenters. The van der Waals surface area contributed by atoms with Crippen LogP contribution in [0.3, 0.4) is 0 Å². The smallest absolute Gasteiger partial charge is 0.220 e. The molecule has 2 aliphatic heterocycles. The zero-order valence-electron chi connectivity index (χ0n) is 25.6. The average Bonchev–Trinajstić information content (AvgIpc) is 3.36. The lowest BCUT2D eigenvalue weighted by Crippen LogP contribution is -2.33. The molecule has 0 aromatic heterocycles. The summed E-state index contributed by atoms with van der Waals surface area (Å²) in [5.41, 5.74) is 5.88. The van der Waals surface area contributed by atoms with Gasteiger partial charge in [-0.1, -0.05) is 18.2 Å². The fraction of sp³-hybridized carbons (Fsp3) is 0.361. The van der Waals surface area contributed by atoms with Crippen molar-refractivity contribution in [2.24, 2.45) is 0 Å². The van der Waals surface area contributed by atoms with Gasteiger partial charge in [-0.2, -0.15) is 0 Å². The van der Waals surface area contributed by atoms with E-state index in [4.69, 9.17) is 14.2 Å². The van der Waals surface area contributed by atoms with E-state index >= 15 is 0 Å². The lowest BCUT2D eigenvalue weighted by molar-refractivity contribution is -0.113. The molecule has 7 rings (SSSR count). The molecule has 2 N–H and O–H groups in total. The number of fused-ring (bicyclic) bond motifs is 2. The molecule has 1 spiro atoms. The Kier molecular flexibility index (Phi) is 6.94.